The van der Waals surface area contributed by atoms with Gasteiger partial charge in [-0.3, -0.25) is 0 Å². The van der Waals surface area contributed by atoms with Gasteiger partial charge in [-0.15, -0.1) is 0 Å². The van der Waals surface area contributed by atoms with Crippen molar-refractivity contribution in [1.29, 1.82) is 0 Å². The quantitative estimate of drug-likeness (QED) is 0.282. The summed E-state index contributed by atoms with van der Waals surface area (Å²) in [5.41, 5.74) is 13.7. The summed E-state index contributed by atoms with van der Waals surface area (Å²) in [5.74, 6) is 0. The Morgan fingerprint density at radius 3 is 1.08 bits per heavy atom. The molecule has 6 nitrogen and oxygen atoms in total. The Morgan fingerprint density at radius 2 is 1.08 bits per heavy atom. The van der Waals surface area contributed by atoms with Gasteiger partial charge in [-0.25, -0.2) is 0 Å². The van der Waals surface area contributed by atoms with Gasteiger partial charge < -0.3 is 32.5 Å². The molecule has 0 rings (SSSR count). The molecule has 0 fully saturated rings. The van der Waals surface area contributed by atoms with Gasteiger partial charge in [0, 0.05) is 29.6 Å². The second-order valence-electron chi connectivity index (χ2n) is 2.41. The summed E-state index contributed by atoms with van der Waals surface area (Å²) in [6.45, 7) is -0.0139. The minimum atomic E-state index is -1.21. The van der Waals surface area contributed by atoms with Crippen molar-refractivity contribution in [3.8, 4) is 0 Å². The predicted octanol–water partition coefficient (Wildman–Crippen LogP) is -3.44. The number of aliphatic hydroxyl groups is 3. The maximum atomic E-state index is 8.34. The average Bonchev–Trinajstić information content (AvgIpc) is 2.17. The van der Waals surface area contributed by atoms with Crippen LogP contribution in [0.25, 0.3) is 0 Å². The molecular formula is C6H19N3NiO3. The number of hydrogen-bond donors (Lipinski definition) is 6. The summed E-state index contributed by atoms with van der Waals surface area (Å²) < 4.78 is 0. The monoisotopic (exact) mass is 239 g/mol. The molecule has 0 spiro atoms. The van der Waals surface area contributed by atoms with Gasteiger partial charge in [0.1, 0.15) is 0 Å². The van der Waals surface area contributed by atoms with E-state index in [2.05, 4.69) is 0 Å². The van der Waals surface area contributed by atoms with E-state index in [0.717, 1.165) is 0 Å². The number of rotatable bonds is 4. The van der Waals surface area contributed by atoms with Crippen LogP contribution in [0.15, 0.2) is 0 Å². The Balaban J connectivity index is -0.000000173. The molecule has 0 aromatic carbocycles. The van der Waals surface area contributed by atoms with E-state index in [1.54, 1.807) is 0 Å². The van der Waals surface area contributed by atoms with E-state index in [1.807, 2.05) is 0 Å². The van der Waals surface area contributed by atoms with Crippen molar-refractivity contribution in [2.24, 2.45) is 17.2 Å². The third kappa shape index (κ3) is 12.3. The van der Waals surface area contributed by atoms with Crippen LogP contribution >= 0.6 is 0 Å². The first-order chi connectivity index (χ1) is 5.60. The van der Waals surface area contributed by atoms with Crippen LogP contribution in [0.5, 0.6) is 0 Å². The molecule has 0 aliphatic carbocycles. The van der Waals surface area contributed by atoms with Crippen LogP contribution in [0.3, 0.4) is 0 Å². The molecular weight excluding hydrogens is 221 g/mol. The average molecular weight is 240 g/mol. The molecule has 0 radical (unpaired) electrons. The Hall–Kier alpha value is 0.254. The fourth-order valence-electron chi connectivity index (χ4n) is 0.150. The summed E-state index contributed by atoms with van der Waals surface area (Å²) >= 11 is 0. The minimum absolute atomic E-state index is 0. The molecule has 0 atom stereocenters. The van der Waals surface area contributed by atoms with Gasteiger partial charge in [0.25, 0.3) is 0 Å². The third-order valence-corrected chi connectivity index (χ3v) is 1.11. The fraction of sp³-hybridized carbons (Fsp3) is 1.00. The molecule has 0 aliphatic rings. The number of nitrogens with two attached hydrogens (primary N) is 3. The SMILES string of the molecule is NC(CO)(CO)CO.NCCN.[Ni]. The predicted molar refractivity (Wildman–Crippen MR) is 46.3 cm³/mol. The number of hydrogen-bond acceptors (Lipinski definition) is 6. The summed E-state index contributed by atoms with van der Waals surface area (Å²) in [4.78, 5) is 0. The zero-order valence-electron chi connectivity index (χ0n) is 7.43. The summed E-state index contributed by atoms with van der Waals surface area (Å²) in [5, 5.41) is 25.0. The van der Waals surface area contributed by atoms with Gasteiger partial charge in [-0.05, 0) is 0 Å². The van der Waals surface area contributed by atoms with Gasteiger partial charge >= 0.3 is 0 Å². The van der Waals surface area contributed by atoms with E-state index in [0.29, 0.717) is 13.1 Å². The minimum Gasteiger partial charge on any atom is -0.394 e. The van der Waals surface area contributed by atoms with Crippen molar-refractivity contribution in [3.63, 3.8) is 0 Å². The van der Waals surface area contributed by atoms with E-state index in [4.69, 9.17) is 32.5 Å². The second kappa shape index (κ2) is 12.3. The molecule has 0 aromatic heterocycles. The molecule has 0 aromatic rings. The van der Waals surface area contributed by atoms with E-state index in [9.17, 15) is 0 Å². The van der Waals surface area contributed by atoms with Crippen molar-refractivity contribution >= 4 is 0 Å². The van der Waals surface area contributed by atoms with Crippen LogP contribution in [0, 0.1) is 0 Å². The Morgan fingerprint density at radius 1 is 0.846 bits per heavy atom. The maximum absolute atomic E-state index is 8.34. The zero-order valence-corrected chi connectivity index (χ0v) is 8.41. The molecule has 9 N–H and O–H groups in total. The van der Waals surface area contributed by atoms with E-state index in [1.165, 1.54) is 0 Å². The molecule has 7 heteroatoms. The van der Waals surface area contributed by atoms with E-state index < -0.39 is 25.4 Å². The van der Waals surface area contributed by atoms with Crippen LogP contribution in [0.1, 0.15) is 0 Å². The molecule has 86 valence electrons. The molecule has 0 saturated heterocycles. The molecule has 0 heterocycles. The zero-order chi connectivity index (χ0) is 10.0. The molecule has 0 bridgehead atoms. The van der Waals surface area contributed by atoms with Crippen molar-refractivity contribution in [1.82, 2.24) is 0 Å². The fourth-order valence-corrected chi connectivity index (χ4v) is 0.150. The van der Waals surface area contributed by atoms with Crippen LogP contribution in [0.4, 0.5) is 0 Å². The van der Waals surface area contributed by atoms with Gasteiger partial charge in [-0.2, -0.15) is 0 Å². The molecule has 0 saturated carbocycles. The standard InChI is InChI=1S/C4H11NO3.C2H8N2.Ni/c5-4(1-6,2-7)3-8;3-1-2-4;/h6-8H,1-3,5H2;1-4H2;. The Labute approximate surface area is 88.0 Å². The summed E-state index contributed by atoms with van der Waals surface area (Å²) in [6, 6.07) is 0. The summed E-state index contributed by atoms with van der Waals surface area (Å²) in [6.07, 6.45) is 0. The van der Waals surface area contributed by atoms with Crippen molar-refractivity contribution < 1.29 is 31.8 Å². The molecule has 0 amide bonds. The Bertz CT molecular complexity index is 82.9. The molecule has 0 aliphatic heterocycles. The number of aliphatic hydroxyl groups excluding tert-OH is 3. The van der Waals surface area contributed by atoms with Crippen LogP contribution in [-0.2, 0) is 16.5 Å². The van der Waals surface area contributed by atoms with Crippen molar-refractivity contribution in [3.05, 3.63) is 0 Å². The van der Waals surface area contributed by atoms with Crippen LogP contribution < -0.4 is 17.2 Å². The maximum Gasteiger partial charge on any atom is 0.0856 e. The first-order valence-corrected chi connectivity index (χ1v) is 3.61. The van der Waals surface area contributed by atoms with E-state index in [-0.39, 0.29) is 16.5 Å². The van der Waals surface area contributed by atoms with Gasteiger partial charge in [0.15, 0.2) is 0 Å². The first kappa shape index (κ1) is 18.9. The van der Waals surface area contributed by atoms with E-state index >= 15 is 0 Å². The molecule has 13 heavy (non-hydrogen) atoms. The van der Waals surface area contributed by atoms with Crippen LogP contribution in [0.2, 0.25) is 0 Å². The second-order valence-corrected chi connectivity index (χ2v) is 2.41. The van der Waals surface area contributed by atoms with Gasteiger partial charge in [0.2, 0.25) is 0 Å². The van der Waals surface area contributed by atoms with Gasteiger partial charge in [-0.1, -0.05) is 0 Å². The van der Waals surface area contributed by atoms with Crippen molar-refractivity contribution in [2.45, 2.75) is 5.54 Å². The van der Waals surface area contributed by atoms with Crippen molar-refractivity contribution in [2.75, 3.05) is 32.9 Å². The Kier molecular flexibility index (Phi) is 17.8. The third-order valence-electron chi connectivity index (χ3n) is 1.11. The van der Waals surface area contributed by atoms with Gasteiger partial charge in [0.05, 0.1) is 25.4 Å². The molecule has 0 unspecified atom stereocenters. The topological polar surface area (TPSA) is 139 Å². The largest absolute Gasteiger partial charge is 0.394 e. The normalized spacial score (nSPS) is 9.69. The van der Waals surface area contributed by atoms with Crippen LogP contribution in [-0.4, -0.2) is 53.8 Å². The first-order valence-electron chi connectivity index (χ1n) is 3.61. The summed E-state index contributed by atoms with van der Waals surface area (Å²) in [7, 11) is 0. The smallest absolute Gasteiger partial charge is 0.0856 e.